The summed E-state index contributed by atoms with van der Waals surface area (Å²) < 4.78 is 0. The molecule has 2 atom stereocenters. The molecule has 106 valence electrons. The summed E-state index contributed by atoms with van der Waals surface area (Å²) in [6.45, 7) is 2.98. The molecule has 1 aromatic heterocycles. The summed E-state index contributed by atoms with van der Waals surface area (Å²) in [5, 5.41) is 1.88. The Morgan fingerprint density at radius 1 is 1.35 bits per heavy atom. The molecule has 1 aliphatic rings. The zero-order valence-corrected chi connectivity index (χ0v) is 12.5. The van der Waals surface area contributed by atoms with E-state index in [0.29, 0.717) is 18.6 Å². The van der Waals surface area contributed by atoms with E-state index in [0.717, 1.165) is 22.3 Å². The van der Waals surface area contributed by atoms with Crippen molar-refractivity contribution < 1.29 is 0 Å². The smallest absolute Gasteiger partial charge is 0.0737 e. The lowest BCUT2D eigenvalue weighted by Gasteiger charge is -2.42. The average molecular weight is 290 g/mol. The number of anilines is 1. The molecule has 0 saturated carbocycles. The molecule has 0 radical (unpaired) electrons. The molecule has 3 nitrogen and oxygen atoms in total. The Kier molecular flexibility index (Phi) is 3.81. The monoisotopic (exact) mass is 289 g/mol. The number of hydrogen-bond donors (Lipinski definition) is 1. The van der Waals surface area contributed by atoms with Gasteiger partial charge in [0.2, 0.25) is 0 Å². The third-order valence-corrected chi connectivity index (χ3v) is 4.49. The van der Waals surface area contributed by atoms with Gasteiger partial charge in [-0.1, -0.05) is 11.6 Å². The normalized spacial score (nSPS) is 23.2. The van der Waals surface area contributed by atoms with Crippen molar-refractivity contribution in [3.8, 4) is 0 Å². The Bertz CT molecular complexity index is 614. The number of pyridine rings is 1. The highest BCUT2D eigenvalue weighted by atomic mass is 35.5. The van der Waals surface area contributed by atoms with Crippen LogP contribution in [0.2, 0.25) is 5.02 Å². The molecule has 0 aliphatic carbocycles. The fraction of sp³-hybridized carbons (Fsp3) is 0.438. The van der Waals surface area contributed by atoms with Gasteiger partial charge < -0.3 is 10.6 Å². The Balaban J connectivity index is 2.12. The molecule has 2 unspecified atom stereocenters. The molecule has 1 fully saturated rings. The second-order valence-electron chi connectivity index (χ2n) is 5.57. The third-order valence-electron chi connectivity index (χ3n) is 4.26. The largest absolute Gasteiger partial charge is 0.364 e. The van der Waals surface area contributed by atoms with Crippen LogP contribution in [0.25, 0.3) is 10.9 Å². The summed E-state index contributed by atoms with van der Waals surface area (Å²) in [5.74, 6) is 0. The first-order valence-corrected chi connectivity index (χ1v) is 7.61. The number of benzene rings is 1. The predicted molar refractivity (Wildman–Crippen MR) is 85.4 cm³/mol. The van der Waals surface area contributed by atoms with Gasteiger partial charge in [-0.15, -0.1) is 0 Å². The lowest BCUT2D eigenvalue weighted by Crippen LogP contribution is -2.49. The molecule has 4 heteroatoms. The van der Waals surface area contributed by atoms with E-state index < -0.39 is 0 Å². The number of fused-ring (bicyclic) bond motifs is 1. The molecule has 1 aromatic carbocycles. The van der Waals surface area contributed by atoms with Crippen molar-refractivity contribution in [1.29, 1.82) is 0 Å². The minimum absolute atomic E-state index is 0.417. The Hall–Kier alpha value is -1.32. The molecule has 3 rings (SSSR count). The van der Waals surface area contributed by atoms with Crippen molar-refractivity contribution in [2.45, 2.75) is 38.3 Å². The summed E-state index contributed by atoms with van der Waals surface area (Å²) in [5.41, 5.74) is 8.16. The van der Waals surface area contributed by atoms with Crippen LogP contribution in [0.15, 0.2) is 30.5 Å². The average Bonchev–Trinajstić information content (AvgIpc) is 2.46. The molecular formula is C16H20ClN3. The maximum Gasteiger partial charge on any atom is 0.0737 e. The first kappa shape index (κ1) is 13.7. The lowest BCUT2D eigenvalue weighted by molar-refractivity contribution is 0.401. The van der Waals surface area contributed by atoms with Crippen molar-refractivity contribution in [2.24, 2.45) is 5.73 Å². The van der Waals surface area contributed by atoms with Crippen LogP contribution in [0.5, 0.6) is 0 Å². The molecule has 2 heterocycles. The quantitative estimate of drug-likeness (QED) is 0.918. The Morgan fingerprint density at radius 2 is 2.20 bits per heavy atom. The van der Waals surface area contributed by atoms with Crippen LogP contribution in [0.4, 0.5) is 5.69 Å². The predicted octanol–water partition coefficient (Wildman–Crippen LogP) is 3.59. The van der Waals surface area contributed by atoms with Crippen molar-refractivity contribution in [3.05, 3.63) is 35.5 Å². The van der Waals surface area contributed by atoms with Crippen LogP contribution >= 0.6 is 11.6 Å². The van der Waals surface area contributed by atoms with Gasteiger partial charge in [-0.25, -0.2) is 0 Å². The zero-order chi connectivity index (χ0) is 14.1. The Morgan fingerprint density at radius 3 is 3.00 bits per heavy atom. The van der Waals surface area contributed by atoms with E-state index in [1.807, 2.05) is 18.3 Å². The van der Waals surface area contributed by atoms with E-state index in [-0.39, 0.29) is 0 Å². The second kappa shape index (κ2) is 5.58. The maximum absolute atomic E-state index is 6.07. The first-order valence-electron chi connectivity index (χ1n) is 7.23. The van der Waals surface area contributed by atoms with Crippen LogP contribution in [0, 0.1) is 0 Å². The summed E-state index contributed by atoms with van der Waals surface area (Å²) in [4.78, 5) is 6.90. The van der Waals surface area contributed by atoms with Gasteiger partial charge in [-0.2, -0.15) is 0 Å². The minimum Gasteiger partial charge on any atom is -0.364 e. The molecule has 0 spiro atoms. The third kappa shape index (κ3) is 2.36. The summed E-state index contributed by atoms with van der Waals surface area (Å²) in [6.07, 6.45) is 5.50. The van der Waals surface area contributed by atoms with Crippen LogP contribution in [-0.4, -0.2) is 23.6 Å². The van der Waals surface area contributed by atoms with Gasteiger partial charge >= 0.3 is 0 Å². The van der Waals surface area contributed by atoms with E-state index in [2.05, 4.69) is 28.9 Å². The van der Waals surface area contributed by atoms with Gasteiger partial charge in [0.15, 0.2) is 0 Å². The molecule has 1 aliphatic heterocycles. The molecule has 0 amide bonds. The van der Waals surface area contributed by atoms with Crippen LogP contribution in [0.3, 0.4) is 0 Å². The SMILES string of the molecule is CC1CCCC(CN)N1c1ccnc2cc(Cl)ccc12. The number of nitrogens with two attached hydrogens (primary N) is 1. The van der Waals surface area contributed by atoms with Crippen LogP contribution in [-0.2, 0) is 0 Å². The van der Waals surface area contributed by atoms with Gasteiger partial charge in [0, 0.05) is 40.9 Å². The van der Waals surface area contributed by atoms with Gasteiger partial charge in [-0.3, -0.25) is 4.98 Å². The number of hydrogen-bond acceptors (Lipinski definition) is 3. The summed E-state index contributed by atoms with van der Waals surface area (Å²) in [6, 6.07) is 8.95. The van der Waals surface area contributed by atoms with E-state index in [4.69, 9.17) is 17.3 Å². The van der Waals surface area contributed by atoms with Crippen molar-refractivity contribution in [3.63, 3.8) is 0 Å². The maximum atomic E-state index is 6.07. The van der Waals surface area contributed by atoms with Gasteiger partial charge in [0.05, 0.1) is 5.52 Å². The van der Waals surface area contributed by atoms with E-state index in [1.54, 1.807) is 0 Å². The molecule has 2 aromatic rings. The molecular weight excluding hydrogens is 270 g/mol. The van der Waals surface area contributed by atoms with Crippen LogP contribution < -0.4 is 10.6 Å². The number of piperidine rings is 1. The van der Waals surface area contributed by atoms with Gasteiger partial charge in [0.1, 0.15) is 0 Å². The molecule has 2 N–H and O–H groups in total. The zero-order valence-electron chi connectivity index (χ0n) is 11.7. The number of nitrogens with zero attached hydrogens (tertiary/aromatic N) is 2. The van der Waals surface area contributed by atoms with Crippen molar-refractivity contribution in [1.82, 2.24) is 4.98 Å². The highest BCUT2D eigenvalue weighted by Gasteiger charge is 2.28. The van der Waals surface area contributed by atoms with E-state index in [9.17, 15) is 0 Å². The fourth-order valence-electron chi connectivity index (χ4n) is 3.28. The minimum atomic E-state index is 0.417. The first-order chi connectivity index (χ1) is 9.70. The number of rotatable bonds is 2. The summed E-state index contributed by atoms with van der Waals surface area (Å²) in [7, 11) is 0. The van der Waals surface area contributed by atoms with Gasteiger partial charge in [-0.05, 0) is 50.5 Å². The van der Waals surface area contributed by atoms with Crippen molar-refractivity contribution >= 4 is 28.2 Å². The molecule has 20 heavy (non-hydrogen) atoms. The highest BCUT2D eigenvalue weighted by Crippen LogP contribution is 2.34. The Labute approximate surface area is 124 Å². The standard InChI is InChI=1S/C16H20ClN3/c1-11-3-2-4-13(10-18)20(11)16-7-8-19-15-9-12(17)5-6-14(15)16/h5-9,11,13H,2-4,10,18H2,1H3. The fourth-order valence-corrected chi connectivity index (χ4v) is 3.45. The summed E-state index contributed by atoms with van der Waals surface area (Å²) >= 11 is 6.07. The van der Waals surface area contributed by atoms with Gasteiger partial charge in [0.25, 0.3) is 0 Å². The van der Waals surface area contributed by atoms with Crippen LogP contribution in [0.1, 0.15) is 26.2 Å². The number of halogens is 1. The topological polar surface area (TPSA) is 42.1 Å². The van der Waals surface area contributed by atoms with E-state index in [1.165, 1.54) is 18.5 Å². The molecule has 1 saturated heterocycles. The second-order valence-corrected chi connectivity index (χ2v) is 6.00. The van der Waals surface area contributed by atoms with Crippen molar-refractivity contribution in [2.75, 3.05) is 11.4 Å². The lowest BCUT2D eigenvalue weighted by atomic mass is 9.95. The number of aromatic nitrogens is 1. The highest BCUT2D eigenvalue weighted by molar-refractivity contribution is 6.31. The van der Waals surface area contributed by atoms with E-state index >= 15 is 0 Å². The molecule has 0 bridgehead atoms.